The summed E-state index contributed by atoms with van der Waals surface area (Å²) in [5.74, 6) is -1.73. The molecule has 4 nitrogen and oxygen atoms in total. The van der Waals surface area contributed by atoms with Gasteiger partial charge in [-0.3, -0.25) is 0 Å². The Morgan fingerprint density at radius 1 is 1.26 bits per heavy atom. The molecule has 1 N–H and O–H groups in total. The Balaban J connectivity index is 3.56. The van der Waals surface area contributed by atoms with Crippen molar-refractivity contribution >= 4 is 22.4 Å². The van der Waals surface area contributed by atoms with Crippen LogP contribution in [-0.2, 0) is 17.3 Å². The Bertz CT molecular complexity index is 534. The van der Waals surface area contributed by atoms with Crippen LogP contribution in [0.2, 0.25) is 0 Å². The molecule has 0 saturated heterocycles. The Morgan fingerprint density at radius 2 is 1.89 bits per heavy atom. The van der Waals surface area contributed by atoms with E-state index >= 15 is 0 Å². The zero-order valence-electron chi connectivity index (χ0n) is 10.8. The van der Waals surface area contributed by atoms with Gasteiger partial charge in [0.25, 0.3) is 0 Å². The smallest absolute Gasteiger partial charge is 0.336 e. The minimum absolute atomic E-state index is 0.0000926. The van der Waals surface area contributed by atoms with Crippen LogP contribution in [0, 0.1) is 0 Å². The summed E-state index contributed by atoms with van der Waals surface area (Å²) in [6.07, 6.45) is 4.23. The quantitative estimate of drug-likeness (QED) is 0.628. The molecule has 0 radical (unpaired) electrons. The van der Waals surface area contributed by atoms with Crippen LogP contribution in [0.15, 0.2) is 37.4 Å². The number of hydrogen-bond acceptors (Lipinski definition) is 3. The molecule has 0 aliphatic heterocycles. The number of hydrogen-bond donors (Lipinski definition) is 1. The molecule has 0 unspecified atom stereocenters. The largest absolute Gasteiger partial charge is 0.525 e. The van der Waals surface area contributed by atoms with Crippen LogP contribution in [0.25, 0.3) is 0 Å². The molecule has 19 heavy (non-hydrogen) atoms. The molecule has 0 saturated carbocycles. The monoisotopic (exact) mass is 276 g/mol. The summed E-state index contributed by atoms with van der Waals surface area (Å²) in [5, 5.41) is 9.35. The van der Waals surface area contributed by atoms with Crippen molar-refractivity contribution in [1.82, 2.24) is 0 Å². The molecule has 0 atom stereocenters. The number of carboxylic acids is 1. The number of carbonyl (C=O) groups is 2. The van der Waals surface area contributed by atoms with E-state index in [0.717, 1.165) is 5.56 Å². The average molecular weight is 276 g/mol. The summed E-state index contributed by atoms with van der Waals surface area (Å²) >= 11 is 0. The van der Waals surface area contributed by atoms with Crippen molar-refractivity contribution in [2.24, 2.45) is 0 Å². The lowest BCUT2D eigenvalue weighted by Gasteiger charge is -2.13. The van der Waals surface area contributed by atoms with E-state index in [4.69, 9.17) is 4.43 Å². The second-order valence-electron chi connectivity index (χ2n) is 3.91. The number of carboxylic acid groups (broad SMARTS) is 1. The Hall–Kier alpha value is -2.14. The normalized spacial score (nSPS) is 9.89. The van der Waals surface area contributed by atoms with E-state index in [9.17, 15) is 14.7 Å². The second-order valence-corrected chi connectivity index (χ2v) is 4.32. The Kier molecular flexibility index (Phi) is 5.26. The van der Waals surface area contributed by atoms with Gasteiger partial charge in [-0.15, -0.1) is 13.2 Å². The predicted octanol–water partition coefficient (Wildman–Crippen LogP) is 1.28. The predicted molar refractivity (Wildman–Crippen MR) is 76.6 cm³/mol. The maximum absolute atomic E-state index is 11.7. The van der Waals surface area contributed by atoms with Crippen LogP contribution in [0.4, 0.5) is 0 Å². The molecule has 1 rings (SSSR count). The second kappa shape index (κ2) is 6.70. The van der Waals surface area contributed by atoms with Gasteiger partial charge in [-0.1, -0.05) is 18.2 Å². The van der Waals surface area contributed by atoms with Gasteiger partial charge in [-0.25, -0.2) is 9.59 Å². The van der Waals surface area contributed by atoms with Crippen molar-refractivity contribution in [3.63, 3.8) is 0 Å². The molecular formula is C14H16O4Si. The minimum atomic E-state index is -1.13. The number of rotatable bonds is 6. The number of benzene rings is 1. The van der Waals surface area contributed by atoms with Crippen molar-refractivity contribution in [2.45, 2.75) is 12.8 Å². The lowest BCUT2D eigenvalue weighted by molar-refractivity contribution is 0.0671. The summed E-state index contributed by atoms with van der Waals surface area (Å²) in [5.41, 5.74) is 1.51. The number of aromatic carboxylic acids is 1. The molecule has 0 aliphatic rings. The van der Waals surface area contributed by atoms with Crippen molar-refractivity contribution in [2.75, 3.05) is 0 Å². The average Bonchev–Trinajstić information content (AvgIpc) is 2.39. The maximum atomic E-state index is 11.7. The van der Waals surface area contributed by atoms with E-state index in [1.54, 1.807) is 18.2 Å². The van der Waals surface area contributed by atoms with Crippen molar-refractivity contribution in [3.8, 4) is 0 Å². The van der Waals surface area contributed by atoms with Crippen molar-refractivity contribution < 1.29 is 19.1 Å². The summed E-state index contributed by atoms with van der Waals surface area (Å²) in [7, 11) is 0.223. The third kappa shape index (κ3) is 3.20. The third-order valence-corrected chi connectivity index (χ3v) is 3.11. The fourth-order valence-corrected chi connectivity index (χ4v) is 2.16. The third-order valence-electron chi connectivity index (χ3n) is 2.74. The number of allylic oxidation sites excluding steroid dienone is 2. The zero-order valence-corrected chi connectivity index (χ0v) is 12.8. The van der Waals surface area contributed by atoms with Crippen LogP contribution in [0.1, 0.15) is 31.8 Å². The van der Waals surface area contributed by atoms with Gasteiger partial charge in [0, 0.05) is 0 Å². The van der Waals surface area contributed by atoms with Gasteiger partial charge < -0.3 is 9.53 Å². The molecule has 0 amide bonds. The Morgan fingerprint density at radius 3 is 2.37 bits per heavy atom. The van der Waals surface area contributed by atoms with E-state index in [0.29, 0.717) is 18.4 Å². The van der Waals surface area contributed by atoms with E-state index in [1.807, 2.05) is 0 Å². The van der Waals surface area contributed by atoms with Gasteiger partial charge in [0.2, 0.25) is 10.5 Å². The molecule has 0 bridgehead atoms. The highest BCUT2D eigenvalue weighted by atomic mass is 28.2. The van der Waals surface area contributed by atoms with Gasteiger partial charge in [-0.05, 0) is 30.0 Å². The molecule has 0 aromatic heterocycles. The maximum Gasteiger partial charge on any atom is 0.336 e. The first-order valence-corrected chi connectivity index (χ1v) is 6.56. The molecule has 0 spiro atoms. The van der Waals surface area contributed by atoms with Crippen LogP contribution in [-0.4, -0.2) is 27.5 Å². The summed E-state index contributed by atoms with van der Waals surface area (Å²) in [4.78, 5) is 23.1. The van der Waals surface area contributed by atoms with Crippen LogP contribution in [0.5, 0.6) is 0 Å². The van der Waals surface area contributed by atoms with Gasteiger partial charge in [0.05, 0.1) is 11.1 Å². The van der Waals surface area contributed by atoms with Crippen LogP contribution in [0.3, 0.4) is 0 Å². The summed E-state index contributed by atoms with van der Waals surface area (Å²) < 4.78 is 4.75. The van der Waals surface area contributed by atoms with Gasteiger partial charge in [0.1, 0.15) is 0 Å². The highest BCUT2D eigenvalue weighted by Crippen LogP contribution is 2.22. The van der Waals surface area contributed by atoms with E-state index < -0.39 is 11.9 Å². The molecule has 1 aromatic carbocycles. The molecule has 1 aromatic rings. The molecule has 0 aliphatic carbocycles. The van der Waals surface area contributed by atoms with E-state index in [1.165, 1.54) is 6.07 Å². The first-order valence-electron chi connectivity index (χ1n) is 5.75. The SMILES string of the molecule is C=CCc1ccc(C(=O)O[SiH3])c(C(=O)O)c1CC=C. The van der Waals surface area contributed by atoms with Crippen molar-refractivity contribution in [3.05, 3.63) is 59.7 Å². The molecule has 100 valence electrons. The summed E-state index contributed by atoms with van der Waals surface area (Å²) in [6.45, 7) is 7.27. The molecular weight excluding hydrogens is 260 g/mol. The fourth-order valence-electron chi connectivity index (χ4n) is 1.94. The van der Waals surface area contributed by atoms with Crippen molar-refractivity contribution in [1.29, 1.82) is 0 Å². The molecule has 0 heterocycles. The Labute approximate surface area is 114 Å². The lowest BCUT2D eigenvalue weighted by Crippen LogP contribution is -2.15. The van der Waals surface area contributed by atoms with Gasteiger partial charge >= 0.3 is 11.9 Å². The highest BCUT2D eigenvalue weighted by molar-refractivity contribution is 6.12. The minimum Gasteiger partial charge on any atom is -0.525 e. The number of carbonyl (C=O) groups excluding carboxylic acids is 1. The van der Waals surface area contributed by atoms with E-state index in [-0.39, 0.29) is 21.6 Å². The first-order chi connectivity index (χ1) is 9.06. The zero-order chi connectivity index (χ0) is 14.4. The van der Waals surface area contributed by atoms with Crippen LogP contribution < -0.4 is 0 Å². The standard InChI is InChI=1S/C14H16O4Si/c1-3-5-9-7-8-11(14(17)18-19)12(13(15)16)10(9)6-4-2/h3-4,7-8H,1-2,5-6H2,19H3,(H,15,16). The summed E-state index contributed by atoms with van der Waals surface area (Å²) in [6, 6.07) is 3.23. The first kappa shape index (κ1) is 14.9. The fraction of sp³-hybridized carbons (Fsp3) is 0.143. The topological polar surface area (TPSA) is 63.6 Å². The van der Waals surface area contributed by atoms with Gasteiger partial charge in [-0.2, -0.15) is 0 Å². The molecule has 0 fully saturated rings. The van der Waals surface area contributed by atoms with E-state index in [2.05, 4.69) is 13.2 Å². The van der Waals surface area contributed by atoms with Gasteiger partial charge in [0.15, 0.2) is 0 Å². The highest BCUT2D eigenvalue weighted by Gasteiger charge is 2.22. The molecule has 5 heteroatoms. The lowest BCUT2D eigenvalue weighted by atomic mass is 9.92. The van der Waals surface area contributed by atoms with Crippen LogP contribution >= 0.6 is 0 Å².